The van der Waals surface area contributed by atoms with E-state index in [1.54, 1.807) is 12.4 Å². The van der Waals surface area contributed by atoms with Gasteiger partial charge in [-0.2, -0.15) is 0 Å². The second-order valence-electron chi connectivity index (χ2n) is 6.04. The molecule has 0 aliphatic heterocycles. The van der Waals surface area contributed by atoms with Crippen molar-refractivity contribution in [3.63, 3.8) is 0 Å². The molecule has 0 amide bonds. The molecular weight excluding hydrogens is 328 g/mol. The van der Waals surface area contributed by atoms with E-state index in [0.29, 0.717) is 5.69 Å². The highest BCUT2D eigenvalue weighted by Crippen LogP contribution is 2.34. The van der Waals surface area contributed by atoms with E-state index in [2.05, 4.69) is 46.3 Å². The number of nitrogen functional groups attached to an aromatic ring is 1. The molecule has 0 bridgehead atoms. The number of nitrogens with zero attached hydrogens (tertiary/aromatic N) is 3. The van der Waals surface area contributed by atoms with Crippen LogP contribution in [0.25, 0.3) is 22.4 Å². The lowest BCUT2D eigenvalue weighted by Gasteiger charge is -2.25. The number of nitrogens with two attached hydrogens (primary N) is 1. The van der Waals surface area contributed by atoms with E-state index in [1.165, 1.54) is 0 Å². The molecule has 108 valence electrons. The van der Waals surface area contributed by atoms with Gasteiger partial charge in [-0.15, -0.1) is 0 Å². The molecule has 4 nitrogen and oxygen atoms in total. The first kappa shape index (κ1) is 14.1. The molecule has 3 rings (SSSR count). The average Bonchev–Trinajstić information content (AvgIpc) is 2.80. The van der Waals surface area contributed by atoms with E-state index in [-0.39, 0.29) is 5.54 Å². The lowest BCUT2D eigenvalue weighted by Crippen LogP contribution is -2.22. The smallest absolute Gasteiger partial charge is 0.143 e. The summed E-state index contributed by atoms with van der Waals surface area (Å²) in [7, 11) is 0. The molecule has 1 aromatic carbocycles. The third-order valence-corrected chi connectivity index (χ3v) is 3.88. The van der Waals surface area contributed by atoms with Crippen molar-refractivity contribution in [2.75, 3.05) is 5.73 Å². The summed E-state index contributed by atoms with van der Waals surface area (Å²) >= 11 is 3.51. The number of rotatable bonds is 1. The molecule has 2 heterocycles. The SMILES string of the molecule is CC(C)(C)n1c(-c2cc(Br)ccc2N)nc2cnccc21. The van der Waals surface area contributed by atoms with Gasteiger partial charge >= 0.3 is 0 Å². The molecule has 2 aromatic heterocycles. The van der Waals surface area contributed by atoms with E-state index >= 15 is 0 Å². The fourth-order valence-electron chi connectivity index (χ4n) is 2.51. The second kappa shape index (κ2) is 4.84. The minimum Gasteiger partial charge on any atom is -0.398 e. The Kier molecular flexibility index (Phi) is 3.24. The zero-order valence-electron chi connectivity index (χ0n) is 12.3. The normalized spacial score (nSPS) is 12.0. The average molecular weight is 345 g/mol. The first-order chi connectivity index (χ1) is 9.88. The lowest BCUT2D eigenvalue weighted by atomic mass is 10.1. The summed E-state index contributed by atoms with van der Waals surface area (Å²) in [5.74, 6) is 0.865. The Hall–Kier alpha value is -1.88. The highest BCUT2D eigenvalue weighted by atomic mass is 79.9. The third kappa shape index (κ3) is 2.42. The summed E-state index contributed by atoms with van der Waals surface area (Å²) in [6.07, 6.45) is 3.58. The van der Waals surface area contributed by atoms with Crippen LogP contribution < -0.4 is 5.73 Å². The first-order valence-corrected chi connectivity index (χ1v) is 7.55. The molecule has 0 saturated heterocycles. The van der Waals surface area contributed by atoms with Crippen LogP contribution in [0.5, 0.6) is 0 Å². The van der Waals surface area contributed by atoms with E-state index in [9.17, 15) is 0 Å². The molecule has 0 unspecified atom stereocenters. The van der Waals surface area contributed by atoms with Gasteiger partial charge in [-0.1, -0.05) is 15.9 Å². The van der Waals surface area contributed by atoms with Crippen LogP contribution in [0.1, 0.15) is 20.8 Å². The molecule has 0 radical (unpaired) electrons. The van der Waals surface area contributed by atoms with E-state index in [1.807, 2.05) is 24.3 Å². The highest BCUT2D eigenvalue weighted by Gasteiger charge is 2.23. The van der Waals surface area contributed by atoms with Crippen molar-refractivity contribution in [3.8, 4) is 11.4 Å². The number of halogens is 1. The van der Waals surface area contributed by atoms with Gasteiger partial charge in [-0.25, -0.2) is 4.98 Å². The summed E-state index contributed by atoms with van der Waals surface area (Å²) in [6.45, 7) is 6.48. The standard InChI is InChI=1S/C16H17BrN4/c1-16(2,3)21-14-6-7-19-9-13(14)20-15(21)11-8-10(17)4-5-12(11)18/h4-9H,18H2,1-3H3. The Morgan fingerprint density at radius 3 is 2.67 bits per heavy atom. The van der Waals surface area contributed by atoms with Gasteiger partial charge in [0.05, 0.1) is 11.7 Å². The number of hydrogen-bond donors (Lipinski definition) is 1. The lowest BCUT2D eigenvalue weighted by molar-refractivity contribution is 0.413. The van der Waals surface area contributed by atoms with Gasteiger partial charge in [0.15, 0.2) is 0 Å². The minimum atomic E-state index is -0.111. The fourth-order valence-corrected chi connectivity index (χ4v) is 2.88. The van der Waals surface area contributed by atoms with Crippen molar-refractivity contribution in [2.24, 2.45) is 0 Å². The number of benzene rings is 1. The van der Waals surface area contributed by atoms with Crippen molar-refractivity contribution in [1.82, 2.24) is 14.5 Å². The van der Waals surface area contributed by atoms with Gasteiger partial charge in [-0.3, -0.25) is 4.98 Å². The largest absolute Gasteiger partial charge is 0.398 e. The third-order valence-electron chi connectivity index (χ3n) is 3.38. The topological polar surface area (TPSA) is 56.7 Å². The summed E-state index contributed by atoms with van der Waals surface area (Å²) in [5, 5.41) is 0. The molecule has 0 spiro atoms. The van der Waals surface area contributed by atoms with Crippen molar-refractivity contribution in [1.29, 1.82) is 0 Å². The van der Waals surface area contributed by atoms with Gasteiger partial charge in [0, 0.05) is 27.5 Å². The molecule has 5 heteroatoms. The Labute approximate surface area is 132 Å². The zero-order chi connectivity index (χ0) is 15.2. The van der Waals surface area contributed by atoms with Gasteiger partial charge < -0.3 is 10.3 Å². The minimum absolute atomic E-state index is 0.111. The van der Waals surface area contributed by atoms with Crippen molar-refractivity contribution in [2.45, 2.75) is 26.3 Å². The van der Waals surface area contributed by atoms with E-state index in [0.717, 1.165) is 26.9 Å². The molecule has 3 aromatic rings. The van der Waals surface area contributed by atoms with Crippen LogP contribution in [0.4, 0.5) is 5.69 Å². The molecule has 21 heavy (non-hydrogen) atoms. The predicted molar refractivity (Wildman–Crippen MR) is 90.1 cm³/mol. The van der Waals surface area contributed by atoms with Gasteiger partial charge in [0.1, 0.15) is 11.3 Å². The maximum atomic E-state index is 6.17. The van der Waals surface area contributed by atoms with Gasteiger partial charge in [-0.05, 0) is 45.0 Å². The first-order valence-electron chi connectivity index (χ1n) is 6.76. The molecule has 0 aliphatic rings. The molecule has 0 fully saturated rings. The maximum absolute atomic E-state index is 6.17. The summed E-state index contributed by atoms with van der Waals surface area (Å²) in [4.78, 5) is 8.92. The van der Waals surface area contributed by atoms with Gasteiger partial charge in [0.25, 0.3) is 0 Å². The van der Waals surface area contributed by atoms with Crippen LogP contribution in [-0.2, 0) is 5.54 Å². The molecule has 2 N–H and O–H groups in total. The number of pyridine rings is 1. The van der Waals surface area contributed by atoms with Crippen LogP contribution in [0.3, 0.4) is 0 Å². The van der Waals surface area contributed by atoms with Gasteiger partial charge in [0.2, 0.25) is 0 Å². The number of aromatic nitrogens is 3. The quantitative estimate of drug-likeness (QED) is 0.673. The van der Waals surface area contributed by atoms with E-state index in [4.69, 9.17) is 10.7 Å². The van der Waals surface area contributed by atoms with Crippen LogP contribution >= 0.6 is 15.9 Å². The fraction of sp³-hybridized carbons (Fsp3) is 0.250. The maximum Gasteiger partial charge on any atom is 0.143 e. The summed E-state index contributed by atoms with van der Waals surface area (Å²) in [6, 6.07) is 7.83. The Bertz CT molecular complexity index is 815. The number of imidazole rings is 1. The molecule has 0 atom stereocenters. The predicted octanol–water partition coefficient (Wildman–Crippen LogP) is 4.20. The zero-order valence-corrected chi connectivity index (χ0v) is 13.8. The Morgan fingerprint density at radius 1 is 1.19 bits per heavy atom. The van der Waals surface area contributed by atoms with Crippen LogP contribution in [-0.4, -0.2) is 14.5 Å². The molecule has 0 aliphatic carbocycles. The molecular formula is C16H17BrN4. The second-order valence-corrected chi connectivity index (χ2v) is 6.95. The monoisotopic (exact) mass is 344 g/mol. The van der Waals surface area contributed by atoms with Crippen LogP contribution in [0.2, 0.25) is 0 Å². The van der Waals surface area contributed by atoms with Crippen molar-refractivity contribution in [3.05, 3.63) is 41.1 Å². The van der Waals surface area contributed by atoms with Crippen molar-refractivity contribution < 1.29 is 0 Å². The highest BCUT2D eigenvalue weighted by molar-refractivity contribution is 9.10. The number of anilines is 1. The molecule has 0 saturated carbocycles. The van der Waals surface area contributed by atoms with Crippen molar-refractivity contribution >= 4 is 32.7 Å². The summed E-state index contributed by atoms with van der Waals surface area (Å²) < 4.78 is 3.19. The van der Waals surface area contributed by atoms with Crippen LogP contribution in [0, 0.1) is 0 Å². The van der Waals surface area contributed by atoms with E-state index < -0.39 is 0 Å². The Morgan fingerprint density at radius 2 is 1.95 bits per heavy atom. The summed E-state index contributed by atoms with van der Waals surface area (Å²) in [5.41, 5.74) is 9.63. The number of fused-ring (bicyclic) bond motifs is 1. The Balaban J connectivity index is 2.39. The van der Waals surface area contributed by atoms with Crippen LogP contribution in [0.15, 0.2) is 41.1 Å². The number of hydrogen-bond acceptors (Lipinski definition) is 3.